The van der Waals surface area contributed by atoms with Crippen LogP contribution in [0.4, 0.5) is 5.00 Å². The fraction of sp³-hybridized carbons (Fsp3) is 0.389. The van der Waals surface area contributed by atoms with E-state index in [0.29, 0.717) is 11.3 Å². The first-order valence-corrected chi connectivity index (χ1v) is 9.24. The summed E-state index contributed by atoms with van der Waals surface area (Å²) < 4.78 is 5.17. The summed E-state index contributed by atoms with van der Waals surface area (Å²) in [6.45, 7) is 5.06. The topological polar surface area (TPSA) is 73.8 Å². The van der Waals surface area contributed by atoms with Crippen molar-refractivity contribution in [1.29, 1.82) is 0 Å². The molecule has 0 saturated carbocycles. The number of nitrogens with one attached hydrogen (secondary N) is 2. The molecule has 25 heavy (non-hydrogen) atoms. The van der Waals surface area contributed by atoms with Gasteiger partial charge in [0.15, 0.2) is 11.5 Å². The number of carbonyl (C=O) groups is 1. The normalized spacial score (nSPS) is 19.6. The highest BCUT2D eigenvalue weighted by atomic mass is 32.1. The van der Waals surface area contributed by atoms with Gasteiger partial charge in [-0.1, -0.05) is 19.1 Å². The molecule has 0 aliphatic carbocycles. The number of para-hydroxylation sites is 1. The second kappa shape index (κ2) is 6.24. The predicted molar refractivity (Wildman–Crippen MR) is 97.5 cm³/mol. The SMILES string of the molecule is CCN1CCc2c(sc3c2C(=O)NC(c2cccc(OC)c2O)N3)C1. The minimum Gasteiger partial charge on any atom is -0.504 e. The zero-order chi connectivity index (χ0) is 17.6. The summed E-state index contributed by atoms with van der Waals surface area (Å²) in [6, 6.07) is 5.28. The monoisotopic (exact) mass is 359 g/mol. The van der Waals surface area contributed by atoms with Crippen molar-refractivity contribution in [2.75, 3.05) is 25.5 Å². The smallest absolute Gasteiger partial charge is 0.256 e. The van der Waals surface area contributed by atoms with Crippen LogP contribution < -0.4 is 15.4 Å². The lowest BCUT2D eigenvalue weighted by atomic mass is 10.00. The highest BCUT2D eigenvalue weighted by Crippen LogP contribution is 2.42. The van der Waals surface area contributed by atoms with Gasteiger partial charge in [-0.05, 0) is 24.6 Å². The van der Waals surface area contributed by atoms with E-state index in [4.69, 9.17) is 4.74 Å². The van der Waals surface area contributed by atoms with Crippen molar-refractivity contribution < 1.29 is 14.6 Å². The van der Waals surface area contributed by atoms with E-state index in [1.54, 1.807) is 29.5 Å². The van der Waals surface area contributed by atoms with Gasteiger partial charge in [0.2, 0.25) is 0 Å². The fourth-order valence-electron chi connectivity index (χ4n) is 3.53. The number of phenols is 1. The summed E-state index contributed by atoms with van der Waals surface area (Å²) >= 11 is 1.65. The van der Waals surface area contributed by atoms with E-state index < -0.39 is 6.17 Å². The van der Waals surface area contributed by atoms with Crippen molar-refractivity contribution in [3.8, 4) is 11.5 Å². The summed E-state index contributed by atoms with van der Waals surface area (Å²) in [7, 11) is 1.51. The largest absolute Gasteiger partial charge is 0.504 e. The van der Waals surface area contributed by atoms with Crippen LogP contribution in [0, 0.1) is 0 Å². The molecule has 2 aliphatic heterocycles. The number of likely N-dealkylation sites (N-methyl/N-ethyl adjacent to an activating group) is 1. The summed E-state index contributed by atoms with van der Waals surface area (Å²) in [4.78, 5) is 16.4. The van der Waals surface area contributed by atoms with Gasteiger partial charge in [-0.15, -0.1) is 11.3 Å². The van der Waals surface area contributed by atoms with Crippen molar-refractivity contribution in [2.24, 2.45) is 0 Å². The maximum absolute atomic E-state index is 12.7. The molecule has 0 fully saturated rings. The average molecular weight is 359 g/mol. The van der Waals surface area contributed by atoms with E-state index in [-0.39, 0.29) is 11.7 Å². The molecule has 2 aliphatic rings. The average Bonchev–Trinajstić information content (AvgIpc) is 2.99. The van der Waals surface area contributed by atoms with E-state index in [2.05, 4.69) is 22.5 Å². The van der Waals surface area contributed by atoms with Crippen LogP contribution in [-0.2, 0) is 13.0 Å². The fourth-order valence-corrected chi connectivity index (χ4v) is 4.85. The van der Waals surface area contributed by atoms with Gasteiger partial charge in [-0.3, -0.25) is 9.69 Å². The molecule has 4 rings (SSSR count). The number of phenolic OH excluding ortho intramolecular Hbond substituents is 1. The van der Waals surface area contributed by atoms with Gasteiger partial charge in [0, 0.05) is 23.5 Å². The van der Waals surface area contributed by atoms with Crippen LogP contribution in [0.15, 0.2) is 18.2 Å². The third kappa shape index (κ3) is 2.63. The molecule has 1 unspecified atom stereocenters. The maximum atomic E-state index is 12.7. The van der Waals surface area contributed by atoms with Crippen LogP contribution in [-0.4, -0.2) is 36.1 Å². The van der Waals surface area contributed by atoms with Crippen molar-refractivity contribution in [3.63, 3.8) is 0 Å². The Morgan fingerprint density at radius 1 is 1.40 bits per heavy atom. The lowest BCUT2D eigenvalue weighted by molar-refractivity contribution is 0.0934. The molecular formula is C18H21N3O3S. The van der Waals surface area contributed by atoms with Gasteiger partial charge in [0.25, 0.3) is 5.91 Å². The highest BCUT2D eigenvalue weighted by Gasteiger charge is 2.34. The Hall–Kier alpha value is -2.25. The van der Waals surface area contributed by atoms with Gasteiger partial charge < -0.3 is 20.5 Å². The number of carbonyl (C=O) groups excluding carboxylic acids is 1. The van der Waals surface area contributed by atoms with Crippen LogP contribution in [0.1, 0.15) is 39.5 Å². The Bertz CT molecular complexity index is 833. The lowest BCUT2D eigenvalue weighted by Gasteiger charge is -2.28. The second-order valence-corrected chi connectivity index (χ2v) is 7.38. The highest BCUT2D eigenvalue weighted by molar-refractivity contribution is 7.16. The first-order valence-electron chi connectivity index (χ1n) is 8.42. The number of anilines is 1. The van der Waals surface area contributed by atoms with Crippen LogP contribution >= 0.6 is 11.3 Å². The van der Waals surface area contributed by atoms with Gasteiger partial charge in [0.1, 0.15) is 11.2 Å². The number of methoxy groups -OCH3 is 1. The third-order valence-corrected chi connectivity index (χ3v) is 6.07. The second-order valence-electron chi connectivity index (χ2n) is 6.28. The number of benzene rings is 1. The zero-order valence-corrected chi connectivity index (χ0v) is 15.1. The number of hydrogen-bond acceptors (Lipinski definition) is 6. The molecule has 2 aromatic rings. The van der Waals surface area contributed by atoms with Crippen molar-refractivity contribution >= 4 is 22.2 Å². The van der Waals surface area contributed by atoms with E-state index >= 15 is 0 Å². The van der Waals surface area contributed by atoms with Crippen LogP contribution in [0.2, 0.25) is 0 Å². The number of nitrogens with zero attached hydrogens (tertiary/aromatic N) is 1. The third-order valence-electron chi connectivity index (χ3n) is 4.92. The number of thiophene rings is 1. The number of hydrogen-bond donors (Lipinski definition) is 3. The van der Waals surface area contributed by atoms with Gasteiger partial charge in [-0.2, -0.15) is 0 Å². The summed E-state index contributed by atoms with van der Waals surface area (Å²) in [5, 5.41) is 17.6. The van der Waals surface area contributed by atoms with E-state index in [9.17, 15) is 9.90 Å². The van der Waals surface area contributed by atoms with E-state index in [1.165, 1.54) is 17.6 Å². The molecule has 0 saturated heterocycles. The van der Waals surface area contributed by atoms with E-state index in [0.717, 1.165) is 36.6 Å². The number of ether oxygens (including phenoxy) is 1. The Morgan fingerprint density at radius 3 is 3.00 bits per heavy atom. The number of aromatic hydroxyl groups is 1. The Morgan fingerprint density at radius 2 is 2.24 bits per heavy atom. The molecule has 0 radical (unpaired) electrons. The minimum atomic E-state index is -0.475. The summed E-state index contributed by atoms with van der Waals surface area (Å²) in [6.07, 6.45) is 0.427. The van der Waals surface area contributed by atoms with E-state index in [1.807, 2.05) is 0 Å². The number of rotatable bonds is 3. The molecule has 3 N–H and O–H groups in total. The van der Waals surface area contributed by atoms with Crippen LogP contribution in [0.25, 0.3) is 0 Å². The molecule has 1 aromatic heterocycles. The molecule has 1 atom stereocenters. The molecule has 6 nitrogen and oxygen atoms in total. The molecule has 7 heteroatoms. The number of fused-ring (bicyclic) bond motifs is 3. The molecule has 1 amide bonds. The molecule has 0 spiro atoms. The quantitative estimate of drug-likeness (QED) is 0.786. The van der Waals surface area contributed by atoms with Crippen LogP contribution in [0.5, 0.6) is 11.5 Å². The Kier molecular flexibility index (Phi) is 4.05. The van der Waals surface area contributed by atoms with Gasteiger partial charge in [0.05, 0.1) is 12.7 Å². The van der Waals surface area contributed by atoms with Gasteiger partial charge in [-0.25, -0.2) is 0 Å². The number of amides is 1. The van der Waals surface area contributed by atoms with Crippen molar-refractivity contribution in [2.45, 2.75) is 26.1 Å². The Balaban J connectivity index is 1.69. The summed E-state index contributed by atoms with van der Waals surface area (Å²) in [5.41, 5.74) is 2.54. The lowest BCUT2D eigenvalue weighted by Crippen LogP contribution is -2.38. The predicted octanol–water partition coefficient (Wildman–Crippen LogP) is 2.69. The first-order chi connectivity index (χ1) is 12.1. The van der Waals surface area contributed by atoms with Crippen molar-refractivity contribution in [1.82, 2.24) is 10.2 Å². The molecule has 0 bridgehead atoms. The molecular weight excluding hydrogens is 338 g/mol. The maximum Gasteiger partial charge on any atom is 0.256 e. The summed E-state index contributed by atoms with van der Waals surface area (Å²) in [5.74, 6) is 0.358. The first kappa shape index (κ1) is 16.2. The van der Waals surface area contributed by atoms with Crippen molar-refractivity contribution in [3.05, 3.63) is 39.8 Å². The standard InChI is InChI=1S/C18H21N3O3S/c1-3-21-8-7-10-13(9-21)25-18-14(10)17(23)19-16(20-18)11-5-4-6-12(24-2)15(11)22/h4-6,16,20,22H,3,7-9H2,1-2H3,(H,19,23). The van der Waals surface area contributed by atoms with Crippen LogP contribution in [0.3, 0.4) is 0 Å². The van der Waals surface area contributed by atoms with Gasteiger partial charge >= 0.3 is 0 Å². The Labute approximate surface area is 150 Å². The zero-order valence-electron chi connectivity index (χ0n) is 14.3. The molecule has 3 heterocycles. The molecule has 1 aromatic carbocycles. The molecule has 132 valence electrons. The minimum absolute atomic E-state index is 0.0460.